The molecule has 0 radical (unpaired) electrons. The molecule has 0 aromatic heterocycles. The summed E-state index contributed by atoms with van der Waals surface area (Å²) in [5.74, 6) is -0.543. The van der Waals surface area contributed by atoms with E-state index in [0.29, 0.717) is 32.7 Å². The molecule has 0 unspecified atom stereocenters. The third-order valence-corrected chi connectivity index (χ3v) is 7.16. The van der Waals surface area contributed by atoms with E-state index in [0.717, 1.165) is 11.0 Å². The third kappa shape index (κ3) is 7.93. The van der Waals surface area contributed by atoms with Gasteiger partial charge in [0.2, 0.25) is 5.91 Å². The Morgan fingerprint density at radius 1 is 0.971 bits per heavy atom. The number of hydrogen-bond acceptors (Lipinski definition) is 5. The number of hydrogen-bond donors (Lipinski definition) is 2. The molecule has 2 aromatic rings. The van der Waals surface area contributed by atoms with E-state index < -0.39 is 21.9 Å². The number of amides is 3. The number of nitrogens with zero attached hydrogens (tertiary/aromatic N) is 1. The second-order valence-corrected chi connectivity index (χ2v) is 10.6. The van der Waals surface area contributed by atoms with Gasteiger partial charge in [-0.3, -0.25) is 4.79 Å². The molecule has 188 valence electrons. The second kappa shape index (κ2) is 12.5. The Morgan fingerprint density at radius 3 is 2.17 bits per heavy atom. The summed E-state index contributed by atoms with van der Waals surface area (Å²) in [5, 5.41) is 6.89. The van der Waals surface area contributed by atoms with Gasteiger partial charge in [0.25, 0.3) is 0 Å². The van der Waals surface area contributed by atoms with E-state index in [4.69, 9.17) is 4.74 Å². The minimum atomic E-state index is -3.67. The lowest BCUT2D eigenvalue weighted by Crippen LogP contribution is -2.56. The quantitative estimate of drug-likeness (QED) is 0.552. The maximum absolute atomic E-state index is 13.2. The zero-order chi connectivity index (χ0) is 25.3. The van der Waals surface area contributed by atoms with Gasteiger partial charge in [-0.15, -0.1) is 0 Å². The molecule has 1 fully saturated rings. The predicted octanol–water partition coefficient (Wildman–Crippen LogP) is 2.77. The number of morpholine rings is 1. The van der Waals surface area contributed by atoms with Gasteiger partial charge in [-0.1, -0.05) is 68.5 Å². The first kappa shape index (κ1) is 26.4. The minimum absolute atomic E-state index is 0.172. The highest BCUT2D eigenvalue weighted by atomic mass is 32.2. The number of sulfone groups is 1. The van der Waals surface area contributed by atoms with Gasteiger partial charge >= 0.3 is 6.03 Å². The molecule has 1 heterocycles. The van der Waals surface area contributed by atoms with Crippen LogP contribution >= 0.6 is 0 Å². The average molecular weight is 500 g/mol. The second-order valence-electron chi connectivity index (χ2n) is 8.76. The largest absolute Gasteiger partial charge is 0.378 e. The van der Waals surface area contributed by atoms with E-state index >= 15 is 0 Å². The molecule has 3 rings (SSSR count). The molecule has 0 spiro atoms. The maximum Gasteiger partial charge on any atom is 0.318 e. The summed E-state index contributed by atoms with van der Waals surface area (Å²) in [6.07, 6.45) is 1.89. The zero-order valence-corrected chi connectivity index (χ0v) is 20.9. The lowest BCUT2D eigenvalue weighted by molar-refractivity contribution is -0.124. The number of ether oxygens (including phenoxy) is 1. The van der Waals surface area contributed by atoms with Gasteiger partial charge in [0.15, 0.2) is 9.84 Å². The van der Waals surface area contributed by atoms with Crippen LogP contribution < -0.4 is 10.6 Å². The predicted molar refractivity (Wildman–Crippen MR) is 134 cm³/mol. The highest BCUT2D eigenvalue weighted by molar-refractivity contribution is 7.94. The summed E-state index contributed by atoms with van der Waals surface area (Å²) >= 11 is 0. The molecule has 1 aliphatic rings. The molecule has 9 heteroatoms. The van der Waals surface area contributed by atoms with E-state index in [9.17, 15) is 18.0 Å². The molecule has 2 atom stereocenters. The Labute approximate surface area is 207 Å². The van der Waals surface area contributed by atoms with Crippen LogP contribution in [-0.4, -0.2) is 63.6 Å². The van der Waals surface area contributed by atoms with Crippen molar-refractivity contribution in [2.75, 3.05) is 26.3 Å². The van der Waals surface area contributed by atoms with Gasteiger partial charge in [-0.25, -0.2) is 13.2 Å². The molecule has 3 amide bonds. The van der Waals surface area contributed by atoms with Gasteiger partial charge < -0.3 is 20.3 Å². The lowest BCUT2D eigenvalue weighted by atomic mass is 10.0. The lowest BCUT2D eigenvalue weighted by Gasteiger charge is -2.30. The van der Waals surface area contributed by atoms with E-state index in [1.165, 1.54) is 18.2 Å². The van der Waals surface area contributed by atoms with Crippen molar-refractivity contribution in [3.8, 4) is 0 Å². The average Bonchev–Trinajstić information content (AvgIpc) is 2.87. The van der Waals surface area contributed by atoms with Crippen molar-refractivity contribution in [1.29, 1.82) is 0 Å². The van der Waals surface area contributed by atoms with E-state index in [2.05, 4.69) is 10.6 Å². The van der Waals surface area contributed by atoms with Crippen LogP contribution in [0.4, 0.5) is 4.79 Å². The van der Waals surface area contributed by atoms with Gasteiger partial charge in [0.1, 0.15) is 6.04 Å². The van der Waals surface area contributed by atoms with Crippen molar-refractivity contribution in [3.63, 3.8) is 0 Å². The molecule has 2 N–H and O–H groups in total. The number of rotatable bonds is 9. The number of nitrogens with one attached hydrogen (secondary N) is 2. The standard InChI is InChI=1S/C26H33N3O5S/c1-20(2)24(28-26(31)29-14-16-34-17-15-29)25(30)27-22(19-21-9-5-3-6-10-21)13-18-35(32,33)23-11-7-4-8-12-23/h3-13,18,20,22,24H,14-17,19H2,1-2H3,(H,27,30)(H,28,31)/t22-,24+/m1/s1. The Bertz CT molecular complexity index is 1100. The van der Waals surface area contributed by atoms with Gasteiger partial charge in [0.05, 0.1) is 24.2 Å². The summed E-state index contributed by atoms with van der Waals surface area (Å²) < 4.78 is 30.8. The van der Waals surface area contributed by atoms with Crippen molar-refractivity contribution in [2.24, 2.45) is 5.92 Å². The molecular weight excluding hydrogens is 466 g/mol. The van der Waals surface area contributed by atoms with Crippen LogP contribution in [0.1, 0.15) is 19.4 Å². The molecular formula is C26H33N3O5S. The van der Waals surface area contributed by atoms with Crippen LogP contribution in [0.3, 0.4) is 0 Å². The Morgan fingerprint density at radius 2 is 1.57 bits per heavy atom. The molecule has 1 saturated heterocycles. The summed E-state index contributed by atoms with van der Waals surface area (Å²) in [6.45, 7) is 5.57. The van der Waals surface area contributed by atoms with Crippen molar-refractivity contribution in [3.05, 3.63) is 77.7 Å². The zero-order valence-electron chi connectivity index (χ0n) is 20.1. The van der Waals surface area contributed by atoms with Crippen LogP contribution in [0.25, 0.3) is 0 Å². The first-order valence-corrected chi connectivity index (χ1v) is 13.3. The fourth-order valence-electron chi connectivity index (χ4n) is 3.72. The number of carbonyl (C=O) groups excluding carboxylic acids is 2. The number of urea groups is 1. The van der Waals surface area contributed by atoms with Crippen LogP contribution in [0, 0.1) is 5.92 Å². The Balaban J connectivity index is 1.76. The summed E-state index contributed by atoms with van der Waals surface area (Å²) in [5.41, 5.74) is 0.943. The van der Waals surface area contributed by atoms with Crippen molar-refractivity contribution in [1.82, 2.24) is 15.5 Å². The summed E-state index contributed by atoms with van der Waals surface area (Å²) in [6, 6.07) is 15.9. The van der Waals surface area contributed by atoms with E-state index in [1.807, 2.05) is 44.2 Å². The van der Waals surface area contributed by atoms with Gasteiger partial charge in [-0.2, -0.15) is 0 Å². The van der Waals surface area contributed by atoms with E-state index in [-0.39, 0.29) is 22.8 Å². The molecule has 0 aliphatic carbocycles. The van der Waals surface area contributed by atoms with Crippen LogP contribution in [0.2, 0.25) is 0 Å². The fraction of sp³-hybridized carbons (Fsp3) is 0.385. The van der Waals surface area contributed by atoms with Crippen molar-refractivity contribution >= 4 is 21.8 Å². The molecule has 0 bridgehead atoms. The maximum atomic E-state index is 13.2. The van der Waals surface area contributed by atoms with Crippen molar-refractivity contribution < 1.29 is 22.7 Å². The van der Waals surface area contributed by atoms with Gasteiger partial charge in [0, 0.05) is 18.5 Å². The van der Waals surface area contributed by atoms with Crippen LogP contribution in [-0.2, 0) is 25.8 Å². The molecule has 8 nitrogen and oxygen atoms in total. The summed E-state index contributed by atoms with van der Waals surface area (Å²) in [4.78, 5) is 27.7. The Hall–Kier alpha value is -3.17. The molecule has 35 heavy (non-hydrogen) atoms. The number of benzene rings is 2. The monoisotopic (exact) mass is 499 g/mol. The fourth-order valence-corrected chi connectivity index (χ4v) is 4.81. The molecule has 0 saturated carbocycles. The van der Waals surface area contributed by atoms with E-state index in [1.54, 1.807) is 23.1 Å². The SMILES string of the molecule is CC(C)[C@H](NC(=O)N1CCOCC1)C(=O)N[C@H](C=CS(=O)(=O)c1ccccc1)Cc1ccccc1. The molecule has 1 aliphatic heterocycles. The van der Waals surface area contributed by atoms with Crippen LogP contribution in [0.5, 0.6) is 0 Å². The van der Waals surface area contributed by atoms with Crippen LogP contribution in [0.15, 0.2) is 77.0 Å². The van der Waals surface area contributed by atoms with Crippen molar-refractivity contribution in [2.45, 2.75) is 37.2 Å². The number of carbonyl (C=O) groups is 2. The topological polar surface area (TPSA) is 105 Å². The highest BCUT2D eigenvalue weighted by Gasteiger charge is 2.28. The highest BCUT2D eigenvalue weighted by Crippen LogP contribution is 2.13. The summed E-state index contributed by atoms with van der Waals surface area (Å²) in [7, 11) is -3.67. The third-order valence-electron chi connectivity index (χ3n) is 5.71. The first-order valence-electron chi connectivity index (χ1n) is 11.7. The molecule has 2 aromatic carbocycles. The smallest absolute Gasteiger partial charge is 0.318 e. The minimum Gasteiger partial charge on any atom is -0.378 e. The Kier molecular flexibility index (Phi) is 9.45. The normalized spacial score (nSPS) is 16.1. The van der Waals surface area contributed by atoms with Gasteiger partial charge in [-0.05, 0) is 30.0 Å². The first-order chi connectivity index (χ1) is 16.8.